The molecule has 3 spiro atoms. The van der Waals surface area contributed by atoms with Crippen molar-refractivity contribution in [1.29, 1.82) is 0 Å². The number of hydrogen-bond acceptors (Lipinski definition) is 6. The monoisotopic (exact) mass is 296 g/mol. The smallest absolute Gasteiger partial charge is 0.273 e. The van der Waals surface area contributed by atoms with Gasteiger partial charge in [0.2, 0.25) is 0 Å². The van der Waals surface area contributed by atoms with Gasteiger partial charge in [0.1, 0.15) is 35.1 Å². The summed E-state index contributed by atoms with van der Waals surface area (Å²) in [6.07, 6.45) is 4.70. The molecule has 21 heavy (non-hydrogen) atoms. The van der Waals surface area contributed by atoms with Crippen LogP contribution in [0.2, 0.25) is 0 Å². The van der Waals surface area contributed by atoms with E-state index in [1.165, 1.54) is 0 Å². The second-order valence-corrected chi connectivity index (χ2v) is 7.20. The van der Waals surface area contributed by atoms with E-state index in [-0.39, 0.29) is 18.3 Å². The lowest BCUT2D eigenvalue weighted by Crippen LogP contribution is -2.90. The highest BCUT2D eigenvalue weighted by Gasteiger charge is 2.82. The molecular weight excluding hydrogens is 276 g/mol. The Balaban J connectivity index is 1.56. The van der Waals surface area contributed by atoms with E-state index in [2.05, 4.69) is 0 Å². The Hall–Kier alpha value is -0.240. The summed E-state index contributed by atoms with van der Waals surface area (Å²) >= 11 is 0. The van der Waals surface area contributed by atoms with E-state index >= 15 is 0 Å². The zero-order valence-corrected chi connectivity index (χ0v) is 11.9. The molecule has 6 heteroatoms. The van der Waals surface area contributed by atoms with Crippen molar-refractivity contribution in [1.82, 2.24) is 0 Å². The SMILES string of the molecule is C1CO[C@@]2(C1)C1OC3O[C@H](C4(CCO4)[C@@H]2O3)[C@@]12CCCO2. The predicted molar refractivity (Wildman–Crippen MR) is 67.5 cm³/mol. The van der Waals surface area contributed by atoms with Gasteiger partial charge >= 0.3 is 0 Å². The van der Waals surface area contributed by atoms with Crippen molar-refractivity contribution < 1.29 is 28.4 Å². The molecule has 0 radical (unpaired) electrons. The molecule has 1 saturated carbocycles. The van der Waals surface area contributed by atoms with E-state index in [0.29, 0.717) is 0 Å². The zero-order chi connectivity index (χ0) is 13.7. The largest absolute Gasteiger partial charge is 0.369 e. The average Bonchev–Trinajstić information content (AvgIpc) is 3.11. The second kappa shape index (κ2) is 3.63. The summed E-state index contributed by atoms with van der Waals surface area (Å²) in [4.78, 5) is 0. The molecule has 6 saturated heterocycles. The van der Waals surface area contributed by atoms with Gasteiger partial charge in [-0.3, -0.25) is 0 Å². The molecule has 0 N–H and O–H groups in total. The Bertz CT molecular complexity index is 441. The molecule has 0 aromatic heterocycles. The normalized spacial score (nSPS) is 64.0. The maximum absolute atomic E-state index is 6.27. The highest BCUT2D eigenvalue weighted by molar-refractivity contribution is 5.29. The van der Waals surface area contributed by atoms with Crippen molar-refractivity contribution in [3.63, 3.8) is 0 Å². The standard InChI is InChI=1S/C15H20O6/c1-3-13(16-6-1)9-14(4-2-7-17-14)11-15(5-8-18-15)10(13)20-12(19-9)21-11/h9-12H,1-8H2/t9?,10-,11+,12?,13+,14-,15?. The first kappa shape index (κ1) is 12.2. The minimum absolute atomic E-state index is 0.0847. The second-order valence-electron chi connectivity index (χ2n) is 7.20. The summed E-state index contributed by atoms with van der Waals surface area (Å²) < 4.78 is 36.9. The van der Waals surface area contributed by atoms with Gasteiger partial charge < -0.3 is 28.4 Å². The van der Waals surface area contributed by atoms with Gasteiger partial charge in [0, 0.05) is 19.6 Å². The molecule has 1 aliphatic carbocycles. The first-order chi connectivity index (χ1) is 10.3. The van der Waals surface area contributed by atoms with Crippen molar-refractivity contribution >= 4 is 0 Å². The molecule has 116 valence electrons. The van der Waals surface area contributed by atoms with Crippen LogP contribution in [0.15, 0.2) is 0 Å². The van der Waals surface area contributed by atoms with Crippen LogP contribution >= 0.6 is 0 Å². The van der Waals surface area contributed by atoms with Crippen molar-refractivity contribution in [2.75, 3.05) is 19.8 Å². The van der Waals surface area contributed by atoms with Crippen LogP contribution in [-0.4, -0.2) is 61.4 Å². The summed E-state index contributed by atoms with van der Waals surface area (Å²) in [6.45, 7) is 1.72. The van der Waals surface area contributed by atoms with E-state index in [1.54, 1.807) is 0 Å². The Labute approximate surface area is 122 Å². The lowest BCUT2D eigenvalue weighted by molar-refractivity contribution is -0.548. The number of rotatable bonds is 0. The minimum atomic E-state index is -0.579. The lowest BCUT2D eigenvalue weighted by atomic mass is 9.56. The van der Waals surface area contributed by atoms with E-state index in [1.807, 2.05) is 0 Å². The predicted octanol–water partition coefficient (Wildman–Crippen LogP) is 0.724. The summed E-state index contributed by atoms with van der Waals surface area (Å²) in [7, 11) is 0. The summed E-state index contributed by atoms with van der Waals surface area (Å²) in [5, 5.41) is 0. The van der Waals surface area contributed by atoms with Gasteiger partial charge in [-0.15, -0.1) is 0 Å². The lowest BCUT2D eigenvalue weighted by Gasteiger charge is -2.72. The maximum atomic E-state index is 6.27. The molecule has 4 bridgehead atoms. The zero-order valence-electron chi connectivity index (χ0n) is 11.9. The fourth-order valence-electron chi connectivity index (χ4n) is 5.72. The highest BCUT2D eigenvalue weighted by atomic mass is 16.9. The van der Waals surface area contributed by atoms with Crippen LogP contribution in [0, 0.1) is 0 Å². The molecule has 0 amide bonds. The summed E-state index contributed by atoms with van der Waals surface area (Å²) in [5.74, 6) is 0. The molecular formula is C15H20O6. The van der Waals surface area contributed by atoms with Crippen LogP contribution < -0.4 is 0 Å². The molecule has 7 fully saturated rings. The Morgan fingerprint density at radius 1 is 0.571 bits per heavy atom. The van der Waals surface area contributed by atoms with E-state index in [9.17, 15) is 0 Å². The minimum Gasteiger partial charge on any atom is -0.369 e. The maximum Gasteiger partial charge on any atom is 0.273 e. The van der Waals surface area contributed by atoms with Gasteiger partial charge in [-0.25, -0.2) is 0 Å². The summed E-state index contributed by atoms with van der Waals surface area (Å²) in [6, 6.07) is 0. The Kier molecular flexibility index (Phi) is 2.11. The number of hydrogen-bond donors (Lipinski definition) is 0. The summed E-state index contributed by atoms with van der Waals surface area (Å²) in [5.41, 5.74) is -1.23. The van der Waals surface area contributed by atoms with Crippen LogP contribution in [0.3, 0.4) is 0 Å². The molecule has 6 heterocycles. The van der Waals surface area contributed by atoms with Crippen LogP contribution in [0.1, 0.15) is 32.1 Å². The first-order valence-electron chi connectivity index (χ1n) is 8.19. The molecule has 6 aliphatic heterocycles. The van der Waals surface area contributed by atoms with Crippen LogP contribution in [-0.2, 0) is 28.4 Å². The van der Waals surface area contributed by atoms with E-state index < -0.39 is 23.3 Å². The molecule has 7 aliphatic rings. The van der Waals surface area contributed by atoms with Crippen molar-refractivity contribution in [3.05, 3.63) is 0 Å². The third-order valence-electron chi connectivity index (χ3n) is 6.43. The van der Waals surface area contributed by atoms with Crippen molar-refractivity contribution in [3.8, 4) is 0 Å². The number of ether oxygens (including phenoxy) is 6. The highest BCUT2D eigenvalue weighted by Crippen LogP contribution is 2.64. The fourth-order valence-corrected chi connectivity index (χ4v) is 5.72. The van der Waals surface area contributed by atoms with Crippen LogP contribution in [0.4, 0.5) is 0 Å². The molecule has 0 aromatic carbocycles. The molecule has 3 unspecified atom stereocenters. The van der Waals surface area contributed by atoms with Gasteiger partial charge in [-0.1, -0.05) is 0 Å². The van der Waals surface area contributed by atoms with Gasteiger partial charge in [-0.2, -0.15) is 0 Å². The van der Waals surface area contributed by atoms with Crippen molar-refractivity contribution in [2.45, 2.75) is 73.7 Å². The van der Waals surface area contributed by atoms with Crippen LogP contribution in [0.25, 0.3) is 0 Å². The topological polar surface area (TPSA) is 55.4 Å². The quantitative estimate of drug-likeness (QED) is 0.657. The molecule has 7 atom stereocenters. The molecule has 7 rings (SSSR count). The fraction of sp³-hybridized carbons (Fsp3) is 1.00. The van der Waals surface area contributed by atoms with Gasteiger partial charge in [-0.05, 0) is 25.7 Å². The Morgan fingerprint density at radius 3 is 1.33 bits per heavy atom. The third-order valence-corrected chi connectivity index (χ3v) is 6.43. The van der Waals surface area contributed by atoms with Crippen LogP contribution in [0.5, 0.6) is 0 Å². The average molecular weight is 296 g/mol. The Morgan fingerprint density at radius 2 is 1.00 bits per heavy atom. The van der Waals surface area contributed by atoms with Gasteiger partial charge in [0.15, 0.2) is 0 Å². The van der Waals surface area contributed by atoms with Gasteiger partial charge in [0.05, 0.1) is 6.61 Å². The van der Waals surface area contributed by atoms with E-state index in [0.717, 1.165) is 51.9 Å². The first-order valence-corrected chi connectivity index (χ1v) is 8.19. The third kappa shape index (κ3) is 1.15. The van der Waals surface area contributed by atoms with Crippen molar-refractivity contribution in [2.24, 2.45) is 0 Å². The molecule has 0 aromatic rings. The van der Waals surface area contributed by atoms with E-state index in [4.69, 9.17) is 28.4 Å². The molecule has 6 nitrogen and oxygen atoms in total. The van der Waals surface area contributed by atoms with Gasteiger partial charge in [0.25, 0.3) is 6.48 Å².